The molecule has 0 heterocycles. The van der Waals surface area contributed by atoms with Gasteiger partial charge in [0.25, 0.3) is 5.69 Å². The fourth-order valence-corrected chi connectivity index (χ4v) is 1.85. The topological polar surface area (TPSA) is 84.3 Å². The summed E-state index contributed by atoms with van der Waals surface area (Å²) in [6.45, 7) is 2.05. The van der Waals surface area contributed by atoms with E-state index < -0.39 is 11.0 Å². The van der Waals surface area contributed by atoms with Crippen molar-refractivity contribution in [3.05, 3.63) is 64.2 Å². The average Bonchev–Trinajstić information content (AvgIpc) is 2.48. The van der Waals surface area contributed by atoms with Crippen LogP contribution in [0.5, 0.6) is 0 Å². The Balaban J connectivity index is 2.06. The molecular weight excluding hydrogens is 270 g/mol. The molecular formula is C15H15N3O3. The van der Waals surface area contributed by atoms with E-state index in [1.54, 1.807) is 24.3 Å². The second-order valence-electron chi connectivity index (χ2n) is 4.40. The molecule has 2 N–H and O–H groups in total. The molecule has 2 aromatic rings. The summed E-state index contributed by atoms with van der Waals surface area (Å²) >= 11 is 0. The van der Waals surface area contributed by atoms with Crippen molar-refractivity contribution in [1.82, 2.24) is 0 Å². The Hall–Kier alpha value is -2.89. The van der Waals surface area contributed by atoms with Crippen molar-refractivity contribution in [2.75, 3.05) is 10.6 Å². The first-order valence-corrected chi connectivity index (χ1v) is 6.50. The molecule has 0 fully saturated rings. The lowest BCUT2D eigenvalue weighted by molar-refractivity contribution is -0.383. The van der Waals surface area contributed by atoms with Crippen molar-refractivity contribution < 1.29 is 9.72 Å². The van der Waals surface area contributed by atoms with Gasteiger partial charge in [-0.15, -0.1) is 0 Å². The quantitative estimate of drug-likeness (QED) is 0.662. The highest BCUT2D eigenvalue weighted by atomic mass is 16.6. The fraction of sp³-hybridized carbons (Fsp3) is 0.133. The number of rotatable bonds is 4. The molecule has 0 radical (unpaired) electrons. The normalized spacial score (nSPS) is 9.95. The molecule has 6 heteroatoms. The number of nitro groups is 1. The van der Waals surface area contributed by atoms with Crippen molar-refractivity contribution in [2.45, 2.75) is 13.3 Å². The summed E-state index contributed by atoms with van der Waals surface area (Å²) in [6, 6.07) is 12.9. The van der Waals surface area contributed by atoms with E-state index in [1.807, 2.05) is 19.1 Å². The van der Waals surface area contributed by atoms with Crippen LogP contribution in [0.2, 0.25) is 0 Å². The van der Waals surface area contributed by atoms with E-state index in [9.17, 15) is 14.9 Å². The standard InChI is InChI=1S/C15H15N3O3/c1-2-11-7-9-12(10-8-11)16-15(19)17-13-5-3-4-6-14(13)18(20)21/h3-10H,2H2,1H3,(H2,16,17,19). The summed E-state index contributed by atoms with van der Waals surface area (Å²) in [4.78, 5) is 22.2. The van der Waals surface area contributed by atoms with E-state index in [1.165, 1.54) is 17.7 Å². The van der Waals surface area contributed by atoms with Crippen LogP contribution < -0.4 is 10.6 Å². The largest absolute Gasteiger partial charge is 0.323 e. The van der Waals surface area contributed by atoms with Crippen LogP contribution >= 0.6 is 0 Å². The number of anilines is 2. The monoisotopic (exact) mass is 285 g/mol. The molecule has 0 bridgehead atoms. The number of benzene rings is 2. The minimum absolute atomic E-state index is 0.144. The number of amides is 2. The third-order valence-corrected chi connectivity index (χ3v) is 2.97. The van der Waals surface area contributed by atoms with Crippen LogP contribution in [0.3, 0.4) is 0 Å². The second kappa shape index (κ2) is 6.51. The number of carbonyl (C=O) groups excluding carboxylic acids is 1. The number of nitrogens with one attached hydrogen (secondary N) is 2. The number of hydrogen-bond donors (Lipinski definition) is 2. The van der Waals surface area contributed by atoms with Crippen molar-refractivity contribution in [2.24, 2.45) is 0 Å². The number of para-hydroxylation sites is 2. The maximum atomic E-state index is 11.9. The molecule has 0 aliphatic heterocycles. The molecule has 21 heavy (non-hydrogen) atoms. The van der Waals surface area contributed by atoms with Gasteiger partial charge in [0.1, 0.15) is 5.69 Å². The first kappa shape index (κ1) is 14.5. The van der Waals surface area contributed by atoms with Gasteiger partial charge in [-0.3, -0.25) is 10.1 Å². The van der Waals surface area contributed by atoms with E-state index in [2.05, 4.69) is 10.6 Å². The summed E-state index contributed by atoms with van der Waals surface area (Å²) in [6.07, 6.45) is 0.919. The molecule has 0 atom stereocenters. The molecule has 2 aromatic carbocycles. The molecule has 108 valence electrons. The van der Waals surface area contributed by atoms with Crippen molar-refractivity contribution in [1.29, 1.82) is 0 Å². The van der Waals surface area contributed by atoms with Crippen LogP contribution in [0.15, 0.2) is 48.5 Å². The van der Waals surface area contributed by atoms with Gasteiger partial charge < -0.3 is 10.6 Å². The molecule has 2 amide bonds. The van der Waals surface area contributed by atoms with Gasteiger partial charge in [0.05, 0.1) is 4.92 Å². The summed E-state index contributed by atoms with van der Waals surface area (Å²) in [7, 11) is 0. The predicted octanol–water partition coefficient (Wildman–Crippen LogP) is 3.80. The summed E-state index contributed by atoms with van der Waals surface area (Å²) in [5.74, 6) is 0. The highest BCUT2D eigenvalue weighted by Crippen LogP contribution is 2.23. The maximum absolute atomic E-state index is 11.9. The van der Waals surface area contributed by atoms with Crippen molar-refractivity contribution in [3.63, 3.8) is 0 Å². The van der Waals surface area contributed by atoms with Crippen LogP contribution in [0.4, 0.5) is 21.9 Å². The molecule has 0 saturated carbocycles. The molecule has 0 aliphatic rings. The number of nitrogens with zero attached hydrogens (tertiary/aromatic N) is 1. The summed E-state index contributed by atoms with van der Waals surface area (Å²) in [5, 5.41) is 16.0. The Morgan fingerprint density at radius 1 is 1.10 bits per heavy atom. The van der Waals surface area contributed by atoms with E-state index in [4.69, 9.17) is 0 Å². The minimum atomic E-state index is -0.536. The van der Waals surface area contributed by atoms with Crippen LogP contribution in [0.1, 0.15) is 12.5 Å². The average molecular weight is 285 g/mol. The maximum Gasteiger partial charge on any atom is 0.323 e. The number of hydrogen-bond acceptors (Lipinski definition) is 3. The van der Waals surface area contributed by atoms with Gasteiger partial charge in [-0.05, 0) is 30.2 Å². The lowest BCUT2D eigenvalue weighted by atomic mass is 10.1. The van der Waals surface area contributed by atoms with Gasteiger partial charge in [-0.2, -0.15) is 0 Å². The predicted molar refractivity (Wildman–Crippen MR) is 81.6 cm³/mol. The Morgan fingerprint density at radius 3 is 2.38 bits per heavy atom. The Bertz CT molecular complexity index is 653. The van der Waals surface area contributed by atoms with Crippen LogP contribution in [-0.4, -0.2) is 11.0 Å². The SMILES string of the molecule is CCc1ccc(NC(=O)Nc2ccccc2[N+](=O)[O-])cc1. The summed E-state index contributed by atoms with van der Waals surface area (Å²) < 4.78 is 0. The molecule has 0 unspecified atom stereocenters. The van der Waals surface area contributed by atoms with E-state index >= 15 is 0 Å². The smallest absolute Gasteiger partial charge is 0.308 e. The van der Waals surface area contributed by atoms with Crippen LogP contribution in [0.25, 0.3) is 0 Å². The lowest BCUT2D eigenvalue weighted by Crippen LogP contribution is -2.20. The minimum Gasteiger partial charge on any atom is -0.308 e. The molecule has 0 aromatic heterocycles. The van der Waals surface area contributed by atoms with Crippen molar-refractivity contribution >= 4 is 23.1 Å². The van der Waals surface area contributed by atoms with Crippen LogP contribution in [-0.2, 0) is 6.42 Å². The number of urea groups is 1. The third-order valence-electron chi connectivity index (χ3n) is 2.97. The number of nitro benzene ring substituents is 1. The van der Waals surface area contributed by atoms with Crippen LogP contribution in [0, 0.1) is 10.1 Å². The number of aryl methyl sites for hydroxylation is 1. The first-order chi connectivity index (χ1) is 10.1. The highest BCUT2D eigenvalue weighted by molar-refractivity contribution is 6.01. The first-order valence-electron chi connectivity index (χ1n) is 6.50. The molecule has 2 rings (SSSR count). The van der Waals surface area contributed by atoms with E-state index in [0.717, 1.165) is 6.42 Å². The van der Waals surface area contributed by atoms with Gasteiger partial charge in [0.2, 0.25) is 0 Å². The van der Waals surface area contributed by atoms with Crippen molar-refractivity contribution in [3.8, 4) is 0 Å². The number of carbonyl (C=O) groups is 1. The van der Waals surface area contributed by atoms with E-state index in [-0.39, 0.29) is 11.4 Å². The second-order valence-corrected chi connectivity index (χ2v) is 4.40. The summed E-state index contributed by atoms with van der Waals surface area (Å²) in [5.41, 5.74) is 1.81. The molecule has 6 nitrogen and oxygen atoms in total. The Morgan fingerprint density at radius 2 is 1.76 bits per heavy atom. The zero-order chi connectivity index (χ0) is 15.2. The molecule has 0 aliphatic carbocycles. The van der Waals surface area contributed by atoms with Gasteiger partial charge >= 0.3 is 6.03 Å². The zero-order valence-electron chi connectivity index (χ0n) is 11.5. The van der Waals surface area contributed by atoms with Gasteiger partial charge in [-0.25, -0.2) is 4.79 Å². The highest BCUT2D eigenvalue weighted by Gasteiger charge is 2.14. The van der Waals surface area contributed by atoms with Gasteiger partial charge in [0.15, 0.2) is 0 Å². The molecule has 0 saturated heterocycles. The molecule has 0 spiro atoms. The zero-order valence-corrected chi connectivity index (χ0v) is 11.5. The van der Waals surface area contributed by atoms with Gasteiger partial charge in [-0.1, -0.05) is 31.2 Å². The lowest BCUT2D eigenvalue weighted by Gasteiger charge is -2.08. The Labute approximate surface area is 121 Å². The van der Waals surface area contributed by atoms with Gasteiger partial charge in [0, 0.05) is 11.8 Å². The fourth-order valence-electron chi connectivity index (χ4n) is 1.85. The Kier molecular flexibility index (Phi) is 4.50. The third kappa shape index (κ3) is 3.79. The van der Waals surface area contributed by atoms with E-state index in [0.29, 0.717) is 5.69 Å².